The quantitative estimate of drug-likeness (QED) is 0.524. The maximum Gasteiger partial charge on any atom is 0.0897 e. The summed E-state index contributed by atoms with van der Waals surface area (Å²) in [5.74, 6) is 0.767. The molecule has 0 saturated carbocycles. The molecule has 11 heavy (non-hydrogen) atoms. The average molecular weight is 190 g/mol. The Kier molecular flexibility index (Phi) is 3.87. The standard InChI is InChI=1S/C8H12ClNS/c1-7-10-8(6-11-7)4-2-3-5-9/h6H,2-5H2,1H3. The smallest absolute Gasteiger partial charge is 0.0897 e. The van der Waals surface area contributed by atoms with E-state index < -0.39 is 0 Å². The van der Waals surface area contributed by atoms with Gasteiger partial charge in [0, 0.05) is 11.3 Å². The van der Waals surface area contributed by atoms with Gasteiger partial charge in [-0.25, -0.2) is 4.98 Å². The van der Waals surface area contributed by atoms with Crippen LogP contribution in [0.2, 0.25) is 0 Å². The van der Waals surface area contributed by atoms with Crippen LogP contribution < -0.4 is 0 Å². The molecule has 0 aliphatic heterocycles. The van der Waals surface area contributed by atoms with Crippen LogP contribution in [0.25, 0.3) is 0 Å². The molecule has 62 valence electrons. The minimum atomic E-state index is 0.767. The van der Waals surface area contributed by atoms with Crippen LogP contribution in [0.3, 0.4) is 0 Å². The SMILES string of the molecule is Cc1nc(CCCCCl)cs1. The summed E-state index contributed by atoms with van der Waals surface area (Å²) >= 11 is 7.27. The molecule has 1 aromatic heterocycles. The number of hydrogen-bond donors (Lipinski definition) is 0. The first-order valence-electron chi connectivity index (χ1n) is 3.80. The molecule has 0 amide bonds. The van der Waals surface area contributed by atoms with Gasteiger partial charge in [-0.2, -0.15) is 0 Å². The lowest BCUT2D eigenvalue weighted by Gasteiger charge is -1.92. The number of aromatic nitrogens is 1. The maximum atomic E-state index is 5.56. The number of hydrogen-bond acceptors (Lipinski definition) is 2. The van der Waals surface area contributed by atoms with Gasteiger partial charge in [-0.3, -0.25) is 0 Å². The summed E-state index contributed by atoms with van der Waals surface area (Å²) in [6.07, 6.45) is 3.34. The van der Waals surface area contributed by atoms with Crippen LogP contribution in [0.4, 0.5) is 0 Å². The van der Waals surface area contributed by atoms with Crippen LogP contribution in [-0.4, -0.2) is 10.9 Å². The van der Waals surface area contributed by atoms with Crippen LogP contribution in [-0.2, 0) is 6.42 Å². The van der Waals surface area contributed by atoms with Crippen molar-refractivity contribution in [2.75, 3.05) is 5.88 Å². The molecule has 1 rings (SSSR count). The van der Waals surface area contributed by atoms with Gasteiger partial charge in [-0.15, -0.1) is 22.9 Å². The van der Waals surface area contributed by atoms with Gasteiger partial charge in [0.2, 0.25) is 0 Å². The number of halogens is 1. The Labute approximate surface area is 76.4 Å². The fourth-order valence-corrected chi connectivity index (χ4v) is 1.76. The lowest BCUT2D eigenvalue weighted by molar-refractivity contribution is 0.784. The minimum Gasteiger partial charge on any atom is -0.247 e. The highest BCUT2D eigenvalue weighted by molar-refractivity contribution is 7.09. The summed E-state index contributed by atoms with van der Waals surface area (Å²) in [5, 5.41) is 3.29. The number of thiazole rings is 1. The van der Waals surface area contributed by atoms with Crippen molar-refractivity contribution in [3.63, 3.8) is 0 Å². The Morgan fingerprint density at radius 3 is 2.91 bits per heavy atom. The molecule has 0 aromatic carbocycles. The topological polar surface area (TPSA) is 12.9 Å². The zero-order valence-corrected chi connectivity index (χ0v) is 8.21. The molecule has 3 heteroatoms. The molecular formula is C8H12ClNS. The van der Waals surface area contributed by atoms with E-state index in [1.807, 2.05) is 6.92 Å². The number of aryl methyl sites for hydroxylation is 2. The summed E-state index contributed by atoms with van der Waals surface area (Å²) in [6, 6.07) is 0. The highest BCUT2D eigenvalue weighted by atomic mass is 35.5. The molecule has 0 spiro atoms. The Balaban J connectivity index is 2.27. The second-order valence-corrected chi connectivity index (χ2v) is 3.94. The number of unbranched alkanes of at least 4 members (excludes halogenated alkanes) is 1. The first-order valence-corrected chi connectivity index (χ1v) is 5.21. The zero-order valence-electron chi connectivity index (χ0n) is 6.64. The molecule has 0 N–H and O–H groups in total. The summed E-state index contributed by atoms with van der Waals surface area (Å²) < 4.78 is 0. The van der Waals surface area contributed by atoms with Crippen molar-refractivity contribution >= 4 is 22.9 Å². The number of nitrogens with zero attached hydrogens (tertiary/aromatic N) is 1. The van der Waals surface area contributed by atoms with Crippen molar-refractivity contribution in [3.8, 4) is 0 Å². The highest BCUT2D eigenvalue weighted by Crippen LogP contribution is 2.10. The predicted molar refractivity (Wildman–Crippen MR) is 50.5 cm³/mol. The lowest BCUT2D eigenvalue weighted by atomic mass is 10.2. The van der Waals surface area contributed by atoms with E-state index in [4.69, 9.17) is 11.6 Å². The number of alkyl halides is 1. The normalized spacial score (nSPS) is 10.4. The molecule has 1 aromatic rings. The third-order valence-corrected chi connectivity index (χ3v) is 2.57. The van der Waals surface area contributed by atoms with E-state index in [9.17, 15) is 0 Å². The van der Waals surface area contributed by atoms with Crippen molar-refractivity contribution in [1.29, 1.82) is 0 Å². The first-order chi connectivity index (χ1) is 5.33. The second-order valence-electron chi connectivity index (χ2n) is 2.50. The molecule has 0 aliphatic rings. The predicted octanol–water partition coefficient (Wildman–Crippen LogP) is 3.01. The fraction of sp³-hybridized carbons (Fsp3) is 0.625. The van der Waals surface area contributed by atoms with E-state index in [0.717, 1.165) is 30.2 Å². The summed E-state index contributed by atoms with van der Waals surface area (Å²) in [4.78, 5) is 4.36. The summed E-state index contributed by atoms with van der Waals surface area (Å²) in [6.45, 7) is 2.04. The van der Waals surface area contributed by atoms with Gasteiger partial charge in [0.15, 0.2) is 0 Å². The summed E-state index contributed by atoms with van der Waals surface area (Å²) in [5.41, 5.74) is 1.22. The zero-order chi connectivity index (χ0) is 8.10. The van der Waals surface area contributed by atoms with Crippen molar-refractivity contribution < 1.29 is 0 Å². The van der Waals surface area contributed by atoms with Gasteiger partial charge in [0.25, 0.3) is 0 Å². The second kappa shape index (κ2) is 4.73. The molecule has 1 nitrogen and oxygen atoms in total. The van der Waals surface area contributed by atoms with Gasteiger partial charge in [0.1, 0.15) is 0 Å². The Hall–Kier alpha value is -0.0800. The minimum absolute atomic E-state index is 0.767. The molecule has 0 atom stereocenters. The molecule has 0 aliphatic carbocycles. The van der Waals surface area contributed by atoms with Gasteiger partial charge >= 0.3 is 0 Å². The molecule has 1 heterocycles. The van der Waals surface area contributed by atoms with E-state index in [-0.39, 0.29) is 0 Å². The van der Waals surface area contributed by atoms with Crippen LogP contribution in [0.15, 0.2) is 5.38 Å². The lowest BCUT2D eigenvalue weighted by Crippen LogP contribution is -1.86. The van der Waals surface area contributed by atoms with E-state index in [1.165, 1.54) is 5.69 Å². The average Bonchev–Trinajstić information content (AvgIpc) is 2.37. The van der Waals surface area contributed by atoms with Crippen molar-refractivity contribution in [1.82, 2.24) is 4.98 Å². The van der Waals surface area contributed by atoms with Crippen LogP contribution >= 0.6 is 22.9 Å². The Morgan fingerprint density at radius 2 is 2.36 bits per heavy atom. The molecule has 0 saturated heterocycles. The van der Waals surface area contributed by atoms with E-state index in [2.05, 4.69) is 10.4 Å². The largest absolute Gasteiger partial charge is 0.247 e. The van der Waals surface area contributed by atoms with Crippen LogP contribution in [0.1, 0.15) is 23.5 Å². The monoisotopic (exact) mass is 189 g/mol. The molecular weight excluding hydrogens is 178 g/mol. The summed E-state index contributed by atoms with van der Waals surface area (Å²) in [7, 11) is 0. The van der Waals surface area contributed by atoms with E-state index >= 15 is 0 Å². The molecule has 0 unspecified atom stereocenters. The van der Waals surface area contributed by atoms with Gasteiger partial charge in [-0.05, 0) is 26.2 Å². The molecule has 0 bridgehead atoms. The van der Waals surface area contributed by atoms with Gasteiger partial charge in [0.05, 0.1) is 10.7 Å². The fourth-order valence-electron chi connectivity index (χ4n) is 0.924. The van der Waals surface area contributed by atoms with Crippen LogP contribution in [0.5, 0.6) is 0 Å². The number of rotatable bonds is 4. The third-order valence-electron chi connectivity index (χ3n) is 1.48. The Morgan fingerprint density at radius 1 is 1.55 bits per heavy atom. The Bertz CT molecular complexity index is 210. The van der Waals surface area contributed by atoms with Gasteiger partial charge < -0.3 is 0 Å². The van der Waals surface area contributed by atoms with Crippen molar-refractivity contribution in [3.05, 3.63) is 16.1 Å². The maximum absolute atomic E-state index is 5.56. The van der Waals surface area contributed by atoms with E-state index in [0.29, 0.717) is 0 Å². The highest BCUT2D eigenvalue weighted by Gasteiger charge is 1.96. The van der Waals surface area contributed by atoms with E-state index in [1.54, 1.807) is 11.3 Å². The van der Waals surface area contributed by atoms with Crippen molar-refractivity contribution in [2.45, 2.75) is 26.2 Å². The van der Waals surface area contributed by atoms with Crippen molar-refractivity contribution in [2.24, 2.45) is 0 Å². The first kappa shape index (κ1) is 9.01. The third kappa shape index (κ3) is 3.21. The van der Waals surface area contributed by atoms with Crippen LogP contribution in [0, 0.1) is 6.92 Å². The molecule has 0 radical (unpaired) electrons. The molecule has 0 fully saturated rings. The van der Waals surface area contributed by atoms with Gasteiger partial charge in [-0.1, -0.05) is 0 Å².